The number of rotatable bonds is 6. The minimum absolute atomic E-state index is 0.209. The van der Waals surface area contributed by atoms with Crippen molar-refractivity contribution in [1.82, 2.24) is 25.1 Å². The van der Waals surface area contributed by atoms with Gasteiger partial charge in [0.25, 0.3) is 5.91 Å². The van der Waals surface area contributed by atoms with Crippen LogP contribution in [0.4, 0.5) is 17.3 Å². The summed E-state index contributed by atoms with van der Waals surface area (Å²) >= 11 is 0. The van der Waals surface area contributed by atoms with Crippen molar-refractivity contribution in [2.75, 3.05) is 22.9 Å². The van der Waals surface area contributed by atoms with Crippen molar-refractivity contribution in [2.45, 2.75) is 24.9 Å². The number of nitrogens with one attached hydrogen (secondary N) is 4. The van der Waals surface area contributed by atoms with Crippen LogP contribution in [0.5, 0.6) is 0 Å². The molecule has 1 saturated heterocycles. The second kappa shape index (κ2) is 8.04. The number of carbonyl (C=O) groups excluding carboxylic acids is 1. The first-order valence-electron chi connectivity index (χ1n) is 10.6. The summed E-state index contributed by atoms with van der Waals surface area (Å²) in [5, 5.41) is 22.6. The van der Waals surface area contributed by atoms with E-state index in [2.05, 4.69) is 31.0 Å². The molecule has 2 aromatic heterocycles. The van der Waals surface area contributed by atoms with Gasteiger partial charge in [0.05, 0.1) is 23.2 Å². The number of benzene rings is 1. The van der Waals surface area contributed by atoms with Crippen LogP contribution in [-0.4, -0.2) is 50.0 Å². The van der Waals surface area contributed by atoms with E-state index in [-0.39, 0.29) is 23.5 Å². The summed E-state index contributed by atoms with van der Waals surface area (Å²) in [6, 6.07) is 7.50. The van der Waals surface area contributed by atoms with Crippen LogP contribution in [0.2, 0.25) is 0 Å². The number of aryl methyl sites for hydroxylation is 1. The van der Waals surface area contributed by atoms with Crippen LogP contribution >= 0.6 is 0 Å². The maximum absolute atomic E-state index is 12.5. The van der Waals surface area contributed by atoms with E-state index in [0.717, 1.165) is 19.4 Å². The quantitative estimate of drug-likeness (QED) is 0.373. The minimum Gasteiger partial charge on any atom is -0.383 e. The van der Waals surface area contributed by atoms with Crippen LogP contribution in [0.3, 0.4) is 0 Å². The second-order valence-corrected chi connectivity index (χ2v) is 8.39. The normalized spacial score (nSPS) is 21.5. The predicted molar refractivity (Wildman–Crippen MR) is 122 cm³/mol. The fourth-order valence-electron chi connectivity index (χ4n) is 4.57. The molecule has 164 valence electrons. The lowest BCUT2D eigenvalue weighted by molar-refractivity contribution is 0.102. The fourth-order valence-corrected chi connectivity index (χ4v) is 4.57. The Balaban J connectivity index is 1.34. The minimum atomic E-state index is -0.246. The third-order valence-corrected chi connectivity index (χ3v) is 6.18. The summed E-state index contributed by atoms with van der Waals surface area (Å²) in [5.41, 5.74) is 8.56. The molecule has 3 atom stereocenters. The Morgan fingerprint density at radius 1 is 1.22 bits per heavy atom. The predicted octanol–water partition coefficient (Wildman–Crippen LogP) is 1.62. The van der Waals surface area contributed by atoms with Crippen molar-refractivity contribution in [3.8, 4) is 0 Å². The number of carbonyl (C=O) groups is 1. The molecule has 1 saturated carbocycles. The highest BCUT2D eigenvalue weighted by molar-refractivity contribution is 6.16. The van der Waals surface area contributed by atoms with Gasteiger partial charge in [-0.15, -0.1) is 0 Å². The number of nitrogens with zero attached hydrogens (tertiary/aromatic N) is 4. The van der Waals surface area contributed by atoms with Gasteiger partial charge < -0.3 is 21.7 Å². The van der Waals surface area contributed by atoms with Gasteiger partial charge in [0.15, 0.2) is 0 Å². The Labute approximate surface area is 185 Å². The molecule has 1 aliphatic carbocycles. The van der Waals surface area contributed by atoms with Gasteiger partial charge in [0, 0.05) is 36.5 Å². The molecule has 2 fully saturated rings. The molecular weight excluding hydrogens is 406 g/mol. The first kappa shape index (κ1) is 20.1. The maximum atomic E-state index is 12.5. The first-order chi connectivity index (χ1) is 15.5. The van der Waals surface area contributed by atoms with Crippen molar-refractivity contribution >= 4 is 28.9 Å². The molecule has 3 aromatic rings. The third kappa shape index (κ3) is 3.80. The van der Waals surface area contributed by atoms with Gasteiger partial charge in [-0.3, -0.25) is 14.9 Å². The largest absolute Gasteiger partial charge is 0.383 e. The molecule has 0 radical (unpaired) electrons. The zero-order valence-electron chi connectivity index (χ0n) is 17.7. The SMILES string of the molecule is Cn1cc(NC(=O)c2ccc(C(=N)c3c(N)ncnc3NC3CC4CNC3C4)cc2)cn1. The number of nitrogens with two attached hydrogens (primary N) is 1. The number of hydrogen-bond acceptors (Lipinski definition) is 8. The molecule has 10 heteroatoms. The maximum Gasteiger partial charge on any atom is 0.255 e. The smallest absolute Gasteiger partial charge is 0.255 e. The van der Waals surface area contributed by atoms with Crippen molar-refractivity contribution < 1.29 is 4.79 Å². The molecule has 2 aliphatic rings. The van der Waals surface area contributed by atoms with E-state index in [1.54, 1.807) is 48.4 Å². The van der Waals surface area contributed by atoms with Crippen LogP contribution in [0, 0.1) is 11.3 Å². The molecule has 32 heavy (non-hydrogen) atoms. The zero-order chi connectivity index (χ0) is 22.2. The van der Waals surface area contributed by atoms with Crippen LogP contribution in [0.25, 0.3) is 0 Å². The molecule has 1 amide bonds. The van der Waals surface area contributed by atoms with Gasteiger partial charge in [-0.1, -0.05) is 12.1 Å². The van der Waals surface area contributed by atoms with Crippen LogP contribution in [-0.2, 0) is 7.05 Å². The topological polar surface area (TPSA) is 147 Å². The summed E-state index contributed by atoms with van der Waals surface area (Å²) in [6.07, 6.45) is 6.96. The first-order valence-corrected chi connectivity index (χ1v) is 10.6. The van der Waals surface area contributed by atoms with Gasteiger partial charge in [0.2, 0.25) is 0 Å². The Hall–Kier alpha value is -3.79. The molecule has 3 unspecified atom stereocenters. The van der Waals surface area contributed by atoms with Gasteiger partial charge >= 0.3 is 0 Å². The lowest BCUT2D eigenvalue weighted by atomic mass is 10.0. The van der Waals surface area contributed by atoms with Gasteiger partial charge in [0.1, 0.15) is 18.0 Å². The number of aromatic nitrogens is 4. The number of amides is 1. The molecule has 10 nitrogen and oxygen atoms in total. The Morgan fingerprint density at radius 3 is 2.66 bits per heavy atom. The summed E-state index contributed by atoms with van der Waals surface area (Å²) in [4.78, 5) is 21.0. The number of hydrogen-bond donors (Lipinski definition) is 5. The number of nitrogen functional groups attached to an aromatic ring is 1. The number of piperidine rings is 1. The van der Waals surface area contributed by atoms with Crippen LogP contribution in [0.1, 0.15) is 34.3 Å². The molecule has 0 spiro atoms. The van der Waals surface area contributed by atoms with E-state index >= 15 is 0 Å². The summed E-state index contributed by atoms with van der Waals surface area (Å²) in [5.74, 6) is 1.26. The van der Waals surface area contributed by atoms with Gasteiger partial charge in [-0.05, 0) is 37.4 Å². The summed E-state index contributed by atoms with van der Waals surface area (Å²) in [6.45, 7) is 1.07. The monoisotopic (exact) mass is 431 g/mol. The van der Waals surface area contributed by atoms with E-state index < -0.39 is 0 Å². The molecule has 2 bridgehead atoms. The molecular formula is C22H25N9O. The lowest BCUT2D eigenvalue weighted by Crippen LogP contribution is -2.41. The second-order valence-electron chi connectivity index (χ2n) is 8.39. The Kier molecular flexibility index (Phi) is 5.06. The number of anilines is 3. The van der Waals surface area contributed by atoms with E-state index in [0.29, 0.717) is 40.2 Å². The average Bonchev–Trinajstić information content (AvgIpc) is 3.51. The van der Waals surface area contributed by atoms with Crippen LogP contribution in [0.15, 0.2) is 43.0 Å². The van der Waals surface area contributed by atoms with E-state index in [1.165, 1.54) is 6.33 Å². The number of fused-ring (bicyclic) bond motifs is 2. The molecule has 6 N–H and O–H groups in total. The van der Waals surface area contributed by atoms with Crippen molar-refractivity contribution in [2.24, 2.45) is 13.0 Å². The zero-order valence-corrected chi connectivity index (χ0v) is 17.7. The van der Waals surface area contributed by atoms with Gasteiger partial charge in [-0.2, -0.15) is 5.10 Å². The van der Waals surface area contributed by atoms with Crippen LogP contribution < -0.4 is 21.7 Å². The van der Waals surface area contributed by atoms with Crippen molar-refractivity contribution in [3.05, 3.63) is 59.7 Å². The fraction of sp³-hybridized carbons (Fsp3) is 0.318. The van der Waals surface area contributed by atoms with Crippen molar-refractivity contribution in [1.29, 1.82) is 5.41 Å². The van der Waals surface area contributed by atoms with E-state index in [4.69, 9.17) is 11.1 Å². The highest BCUT2D eigenvalue weighted by Gasteiger charge is 2.39. The molecule has 1 aliphatic heterocycles. The highest BCUT2D eigenvalue weighted by Crippen LogP contribution is 2.34. The molecule has 3 heterocycles. The Bertz CT molecular complexity index is 1170. The summed E-state index contributed by atoms with van der Waals surface area (Å²) < 4.78 is 1.62. The standard InChI is InChI=1S/C22H25N9O/c1-31-10-15(9-28-31)29-22(32)14-4-2-13(3-5-14)19(23)18-20(24)26-11-27-21(18)30-17-7-12-6-16(17)25-8-12/h2-5,9-12,16-17,23,25H,6-8H2,1H3,(H,29,32)(H3,24,26,27,30). The highest BCUT2D eigenvalue weighted by atomic mass is 16.1. The van der Waals surface area contributed by atoms with E-state index in [9.17, 15) is 4.79 Å². The van der Waals surface area contributed by atoms with Crippen molar-refractivity contribution in [3.63, 3.8) is 0 Å². The lowest BCUT2D eigenvalue weighted by Gasteiger charge is -2.25. The third-order valence-electron chi connectivity index (χ3n) is 6.18. The Morgan fingerprint density at radius 2 is 2.00 bits per heavy atom. The van der Waals surface area contributed by atoms with Gasteiger partial charge in [-0.25, -0.2) is 9.97 Å². The summed E-state index contributed by atoms with van der Waals surface area (Å²) in [7, 11) is 1.78. The van der Waals surface area contributed by atoms with E-state index in [1.807, 2.05) is 0 Å². The molecule has 1 aromatic carbocycles. The average molecular weight is 432 g/mol. The molecule has 5 rings (SSSR count).